The molecule has 3 heterocycles. The number of rotatable bonds is 5. The number of thiophene rings is 1. The number of hydrogen-bond acceptors (Lipinski definition) is 6. The quantitative estimate of drug-likeness (QED) is 0.714. The largest absolute Gasteiger partial charge is 0.389 e. The van der Waals surface area contributed by atoms with Crippen LogP contribution in [0.15, 0.2) is 30.5 Å². The number of anilines is 1. The van der Waals surface area contributed by atoms with Gasteiger partial charge in [0.1, 0.15) is 0 Å². The van der Waals surface area contributed by atoms with Gasteiger partial charge in [-0.15, -0.1) is 11.3 Å². The molecule has 5 nitrogen and oxygen atoms in total. The van der Waals surface area contributed by atoms with Gasteiger partial charge >= 0.3 is 0 Å². The first-order valence-corrected chi connectivity index (χ1v) is 10.3. The van der Waals surface area contributed by atoms with Crippen molar-refractivity contribution in [2.45, 2.75) is 70.7 Å². The maximum absolute atomic E-state index is 9.39. The predicted octanol–water partition coefficient (Wildman–Crippen LogP) is 4.32. The van der Waals surface area contributed by atoms with Crippen LogP contribution in [-0.4, -0.2) is 38.3 Å². The summed E-state index contributed by atoms with van der Waals surface area (Å²) in [6, 6.07) is 6.38. The summed E-state index contributed by atoms with van der Waals surface area (Å²) in [7, 11) is 0. The number of aliphatic hydroxyl groups is 1. The smallest absolute Gasteiger partial charge is 0.223 e. The van der Waals surface area contributed by atoms with Crippen molar-refractivity contribution in [2.75, 3.05) is 5.32 Å². The van der Waals surface area contributed by atoms with Crippen LogP contribution in [0.1, 0.15) is 52.3 Å². The van der Waals surface area contributed by atoms with Crippen LogP contribution in [0.25, 0.3) is 16.6 Å². The van der Waals surface area contributed by atoms with Crippen LogP contribution in [0.4, 0.5) is 5.95 Å². The topological polar surface area (TPSA) is 70.1 Å². The average molecular weight is 387 g/mol. The van der Waals surface area contributed by atoms with Gasteiger partial charge in [0.2, 0.25) is 5.95 Å². The van der Waals surface area contributed by atoms with E-state index in [1.54, 1.807) is 24.3 Å². The Hall–Kier alpha value is -1.76. The molecule has 2 aromatic heterocycles. The van der Waals surface area contributed by atoms with Gasteiger partial charge in [0.05, 0.1) is 16.7 Å². The van der Waals surface area contributed by atoms with Crippen molar-refractivity contribution in [1.29, 1.82) is 0 Å². The molecule has 0 radical (unpaired) electrons. The Morgan fingerprint density at radius 2 is 1.93 bits per heavy atom. The third kappa shape index (κ3) is 5.61. The van der Waals surface area contributed by atoms with Crippen LogP contribution in [0.2, 0.25) is 0 Å². The fourth-order valence-electron chi connectivity index (χ4n) is 3.99. The molecule has 0 bridgehead atoms. The van der Waals surface area contributed by atoms with Gasteiger partial charge in [0.15, 0.2) is 0 Å². The van der Waals surface area contributed by atoms with Crippen LogP contribution in [0.5, 0.6) is 0 Å². The van der Waals surface area contributed by atoms with Gasteiger partial charge in [-0.2, -0.15) is 0 Å². The first kappa shape index (κ1) is 20.0. The molecule has 0 spiro atoms. The van der Waals surface area contributed by atoms with E-state index in [4.69, 9.17) is 4.98 Å². The summed E-state index contributed by atoms with van der Waals surface area (Å²) >= 11 is 1.66. The standard InChI is InChI=1S/C21H30N4OS/c1-14(26)6-7-16-8-9-18(27-16)17-10-11-22-19(24-17)23-15-12-20(2,3)25-21(4,5)13-15/h6-11,14-15,25-26H,12-13H2,1-5H3,(H,22,23,24). The molecule has 0 aromatic carbocycles. The van der Waals surface area contributed by atoms with Crippen molar-refractivity contribution >= 4 is 23.4 Å². The van der Waals surface area contributed by atoms with Gasteiger partial charge in [0.25, 0.3) is 0 Å². The van der Waals surface area contributed by atoms with Gasteiger partial charge in [-0.05, 0) is 71.7 Å². The summed E-state index contributed by atoms with van der Waals surface area (Å²) in [5.74, 6) is 0.681. The van der Waals surface area contributed by atoms with Crippen molar-refractivity contribution in [2.24, 2.45) is 0 Å². The summed E-state index contributed by atoms with van der Waals surface area (Å²) in [4.78, 5) is 11.4. The van der Waals surface area contributed by atoms with Gasteiger partial charge in [-0.3, -0.25) is 0 Å². The van der Waals surface area contributed by atoms with E-state index in [0.717, 1.165) is 28.3 Å². The first-order chi connectivity index (χ1) is 12.6. The molecule has 1 fully saturated rings. The number of nitrogens with one attached hydrogen (secondary N) is 2. The molecule has 0 aliphatic carbocycles. The zero-order chi connectivity index (χ0) is 19.7. The number of hydrogen-bond donors (Lipinski definition) is 3. The molecule has 146 valence electrons. The lowest BCUT2D eigenvalue weighted by Crippen LogP contribution is -2.60. The zero-order valence-corrected chi connectivity index (χ0v) is 17.6. The maximum Gasteiger partial charge on any atom is 0.223 e. The molecule has 3 N–H and O–H groups in total. The minimum absolute atomic E-state index is 0.0792. The second-order valence-corrected chi connectivity index (χ2v) is 9.82. The van der Waals surface area contributed by atoms with E-state index in [9.17, 15) is 5.11 Å². The zero-order valence-electron chi connectivity index (χ0n) is 16.8. The van der Waals surface area contributed by atoms with E-state index in [2.05, 4.69) is 49.4 Å². The van der Waals surface area contributed by atoms with Crippen LogP contribution in [-0.2, 0) is 0 Å². The second kappa shape index (κ2) is 7.70. The molecule has 0 amide bonds. The van der Waals surface area contributed by atoms with E-state index in [1.165, 1.54) is 0 Å². The van der Waals surface area contributed by atoms with E-state index >= 15 is 0 Å². The van der Waals surface area contributed by atoms with Gasteiger partial charge in [-0.1, -0.05) is 6.08 Å². The molecule has 1 unspecified atom stereocenters. The lowest BCUT2D eigenvalue weighted by Gasteiger charge is -2.46. The summed E-state index contributed by atoms with van der Waals surface area (Å²) in [6.45, 7) is 10.7. The SMILES string of the molecule is CC(O)C=Cc1ccc(-c2ccnc(NC3CC(C)(C)NC(C)(C)C3)n2)s1. The first-order valence-electron chi connectivity index (χ1n) is 9.47. The van der Waals surface area contributed by atoms with Crippen LogP contribution in [0.3, 0.4) is 0 Å². The van der Waals surface area contributed by atoms with Crippen LogP contribution >= 0.6 is 11.3 Å². The highest BCUT2D eigenvalue weighted by Crippen LogP contribution is 2.31. The minimum Gasteiger partial charge on any atom is -0.389 e. The molecule has 1 saturated heterocycles. The fourth-order valence-corrected chi connectivity index (χ4v) is 4.88. The predicted molar refractivity (Wildman–Crippen MR) is 114 cm³/mol. The molecular weight excluding hydrogens is 356 g/mol. The molecule has 6 heteroatoms. The van der Waals surface area contributed by atoms with E-state index in [0.29, 0.717) is 12.0 Å². The Morgan fingerprint density at radius 1 is 1.22 bits per heavy atom. The third-order valence-corrected chi connectivity index (χ3v) is 5.67. The Morgan fingerprint density at radius 3 is 2.59 bits per heavy atom. The van der Waals surface area contributed by atoms with Crippen LogP contribution < -0.4 is 10.6 Å². The fraction of sp³-hybridized carbons (Fsp3) is 0.524. The average Bonchev–Trinajstić information content (AvgIpc) is 2.99. The van der Waals surface area contributed by atoms with Crippen molar-refractivity contribution in [3.8, 4) is 10.6 Å². The van der Waals surface area contributed by atoms with E-state index in [-0.39, 0.29) is 11.1 Å². The molecular formula is C21H30N4OS. The number of nitrogens with zero attached hydrogens (tertiary/aromatic N) is 2. The van der Waals surface area contributed by atoms with E-state index in [1.807, 2.05) is 24.4 Å². The second-order valence-electron chi connectivity index (χ2n) is 8.71. The van der Waals surface area contributed by atoms with Crippen LogP contribution in [0, 0.1) is 0 Å². The number of piperidine rings is 1. The number of aromatic nitrogens is 2. The third-order valence-electron chi connectivity index (χ3n) is 4.60. The number of aliphatic hydroxyl groups excluding tert-OH is 1. The lowest BCUT2D eigenvalue weighted by molar-refractivity contribution is 0.170. The van der Waals surface area contributed by atoms with Gasteiger partial charge in [0, 0.05) is 28.2 Å². The Balaban J connectivity index is 1.74. The molecule has 1 aliphatic heterocycles. The van der Waals surface area contributed by atoms with Crippen molar-refractivity contribution in [1.82, 2.24) is 15.3 Å². The molecule has 1 atom stereocenters. The molecule has 0 saturated carbocycles. The Bertz CT molecular complexity index is 794. The lowest BCUT2D eigenvalue weighted by atomic mass is 9.80. The molecule has 2 aromatic rings. The van der Waals surface area contributed by atoms with Gasteiger partial charge < -0.3 is 15.7 Å². The molecule has 3 rings (SSSR count). The summed E-state index contributed by atoms with van der Waals surface area (Å²) in [5, 5.41) is 16.6. The highest BCUT2D eigenvalue weighted by atomic mass is 32.1. The van der Waals surface area contributed by atoms with Crippen molar-refractivity contribution in [3.63, 3.8) is 0 Å². The summed E-state index contributed by atoms with van der Waals surface area (Å²) in [6.07, 6.45) is 7.15. The molecule has 27 heavy (non-hydrogen) atoms. The maximum atomic E-state index is 9.39. The summed E-state index contributed by atoms with van der Waals surface area (Å²) < 4.78 is 0. The molecule has 1 aliphatic rings. The monoisotopic (exact) mass is 386 g/mol. The highest BCUT2D eigenvalue weighted by molar-refractivity contribution is 7.16. The van der Waals surface area contributed by atoms with Crippen molar-refractivity contribution in [3.05, 3.63) is 35.3 Å². The Kier molecular flexibility index (Phi) is 5.70. The Labute approximate surface area is 166 Å². The van der Waals surface area contributed by atoms with Crippen molar-refractivity contribution < 1.29 is 5.11 Å². The highest BCUT2D eigenvalue weighted by Gasteiger charge is 2.37. The normalized spacial score (nSPS) is 20.7. The van der Waals surface area contributed by atoms with E-state index < -0.39 is 6.10 Å². The minimum atomic E-state index is -0.441. The van der Waals surface area contributed by atoms with Gasteiger partial charge in [-0.25, -0.2) is 9.97 Å². The summed E-state index contributed by atoms with van der Waals surface area (Å²) in [5.41, 5.74) is 1.08.